The quantitative estimate of drug-likeness (QED) is 0.228. The van der Waals surface area contributed by atoms with Gasteiger partial charge in [-0.05, 0) is 45.2 Å². The molecule has 0 saturated carbocycles. The molecule has 8 heteroatoms. The van der Waals surface area contributed by atoms with Crippen LogP contribution in [0, 0.1) is 30.4 Å². The van der Waals surface area contributed by atoms with Crippen LogP contribution in [0.1, 0.15) is 0 Å². The van der Waals surface area contributed by atoms with Gasteiger partial charge in [0.05, 0.1) is 7.14 Å². The molecule has 4 rings (SSSR count). The van der Waals surface area contributed by atoms with Gasteiger partial charge in [-0.25, -0.2) is 17.6 Å². The Labute approximate surface area is 141 Å². The zero-order chi connectivity index (χ0) is 14.9. The summed E-state index contributed by atoms with van der Waals surface area (Å²) in [6.07, 6.45) is 0. The summed E-state index contributed by atoms with van der Waals surface area (Å²) in [4.78, 5) is 5.08. The van der Waals surface area contributed by atoms with E-state index in [2.05, 4.69) is 9.80 Å². The molecule has 0 aromatic heterocycles. The van der Waals surface area contributed by atoms with E-state index in [1.165, 1.54) is 84.5 Å². The molecule has 3 heterocycles. The Balaban J connectivity index is 0.000000157. The second-order valence-corrected chi connectivity index (χ2v) is 6.72. The van der Waals surface area contributed by atoms with Crippen LogP contribution in [0.4, 0.5) is 17.6 Å². The molecule has 1 aromatic rings. The molecule has 0 spiro atoms. The topological polar surface area (TPSA) is 6.48 Å². The maximum Gasteiger partial charge on any atom is 0.198 e. The lowest BCUT2D eigenvalue weighted by Gasteiger charge is -2.41. The molecule has 20 heavy (non-hydrogen) atoms. The molecule has 2 nitrogen and oxygen atoms in total. The van der Waals surface area contributed by atoms with Crippen molar-refractivity contribution in [2.75, 3.05) is 39.3 Å². The summed E-state index contributed by atoms with van der Waals surface area (Å²) in [6, 6.07) is 0. The van der Waals surface area contributed by atoms with Crippen molar-refractivity contribution >= 4 is 45.2 Å². The molecular weight excluding hydrogens is 502 g/mol. The van der Waals surface area contributed by atoms with Crippen molar-refractivity contribution in [1.29, 1.82) is 0 Å². The van der Waals surface area contributed by atoms with E-state index in [0.29, 0.717) is 0 Å². The predicted molar refractivity (Wildman–Crippen MR) is 84.6 cm³/mol. The SMILES string of the molecule is C1CN2CCN1CC2.Fc1c(F)c(F)c(I)c(I)c1F. The fourth-order valence-electron chi connectivity index (χ4n) is 2.10. The van der Waals surface area contributed by atoms with Gasteiger partial charge in [0.1, 0.15) is 0 Å². The lowest BCUT2D eigenvalue weighted by molar-refractivity contribution is 0.0647. The summed E-state index contributed by atoms with van der Waals surface area (Å²) in [5.74, 6) is -6.23. The average Bonchev–Trinajstić information content (AvgIpc) is 2.52. The molecule has 3 aliphatic heterocycles. The van der Waals surface area contributed by atoms with Gasteiger partial charge in [-0.2, -0.15) is 0 Å². The highest BCUT2D eigenvalue weighted by atomic mass is 127. The molecule has 1 aromatic carbocycles. The van der Waals surface area contributed by atoms with E-state index in [1.807, 2.05) is 0 Å². The summed E-state index contributed by atoms with van der Waals surface area (Å²) in [7, 11) is 0. The van der Waals surface area contributed by atoms with Gasteiger partial charge in [0.25, 0.3) is 0 Å². The number of benzene rings is 1. The number of halogens is 6. The summed E-state index contributed by atoms with van der Waals surface area (Å²) < 4.78 is 49.7. The van der Waals surface area contributed by atoms with Crippen LogP contribution in [0.25, 0.3) is 0 Å². The lowest BCUT2D eigenvalue weighted by atomic mass is 10.2. The normalized spacial score (nSPS) is 24.3. The van der Waals surface area contributed by atoms with Gasteiger partial charge in [0.2, 0.25) is 0 Å². The molecule has 3 aliphatic rings. The number of rotatable bonds is 0. The van der Waals surface area contributed by atoms with Crippen molar-refractivity contribution in [3.05, 3.63) is 30.4 Å². The van der Waals surface area contributed by atoms with Gasteiger partial charge in [0, 0.05) is 39.3 Å². The molecule has 112 valence electrons. The van der Waals surface area contributed by atoms with E-state index in [-0.39, 0.29) is 7.14 Å². The number of fused-ring (bicyclic) bond motifs is 3. The van der Waals surface area contributed by atoms with Gasteiger partial charge < -0.3 is 0 Å². The Hall–Kier alpha value is 0.320. The number of nitrogens with zero attached hydrogens (tertiary/aromatic N) is 2. The molecule has 0 unspecified atom stereocenters. The minimum absolute atomic E-state index is 0.246. The third-order valence-electron chi connectivity index (χ3n) is 3.35. The van der Waals surface area contributed by atoms with Crippen LogP contribution in [0.15, 0.2) is 0 Å². The van der Waals surface area contributed by atoms with Crippen LogP contribution in [-0.2, 0) is 0 Å². The third kappa shape index (κ3) is 3.55. The van der Waals surface area contributed by atoms with E-state index in [1.54, 1.807) is 0 Å². The monoisotopic (exact) mass is 514 g/mol. The van der Waals surface area contributed by atoms with Crippen LogP contribution >= 0.6 is 45.2 Å². The third-order valence-corrected chi connectivity index (χ3v) is 6.41. The van der Waals surface area contributed by atoms with Crippen LogP contribution in [0.5, 0.6) is 0 Å². The maximum atomic E-state index is 12.6. The van der Waals surface area contributed by atoms with Crippen LogP contribution in [-0.4, -0.2) is 49.1 Å². The van der Waals surface area contributed by atoms with Crippen molar-refractivity contribution in [3.63, 3.8) is 0 Å². The minimum atomic E-state index is -1.77. The second kappa shape index (κ2) is 7.05. The number of hydrogen-bond acceptors (Lipinski definition) is 2. The van der Waals surface area contributed by atoms with Crippen molar-refractivity contribution in [2.24, 2.45) is 0 Å². The first-order valence-corrected chi connectivity index (χ1v) is 8.19. The number of hydrogen-bond donors (Lipinski definition) is 0. The van der Waals surface area contributed by atoms with Gasteiger partial charge in [-0.1, -0.05) is 0 Å². The highest BCUT2D eigenvalue weighted by Crippen LogP contribution is 2.26. The Kier molecular flexibility index (Phi) is 5.88. The highest BCUT2D eigenvalue weighted by molar-refractivity contribution is 14.1. The minimum Gasteiger partial charge on any atom is -0.300 e. The molecule has 0 atom stereocenters. The van der Waals surface area contributed by atoms with E-state index in [9.17, 15) is 17.6 Å². The van der Waals surface area contributed by atoms with E-state index in [4.69, 9.17) is 0 Å². The fourth-order valence-corrected chi connectivity index (χ4v) is 3.04. The largest absolute Gasteiger partial charge is 0.300 e. The molecule has 0 amide bonds. The first-order valence-electron chi connectivity index (χ1n) is 6.03. The Bertz CT molecular complexity index is 377. The van der Waals surface area contributed by atoms with E-state index >= 15 is 0 Å². The zero-order valence-electron chi connectivity index (χ0n) is 10.4. The van der Waals surface area contributed by atoms with Gasteiger partial charge in [-0.15, -0.1) is 0 Å². The lowest BCUT2D eigenvalue weighted by Crippen LogP contribution is -2.55. The molecular formula is C12H12F4I2N2. The number of piperazine rings is 3. The molecule has 3 saturated heterocycles. The molecule has 2 bridgehead atoms. The summed E-state index contributed by atoms with van der Waals surface area (Å²) >= 11 is 2.82. The van der Waals surface area contributed by atoms with Crippen LogP contribution in [0.3, 0.4) is 0 Å². The molecule has 0 aliphatic carbocycles. The molecule has 0 N–H and O–H groups in total. The van der Waals surface area contributed by atoms with Crippen molar-refractivity contribution in [2.45, 2.75) is 0 Å². The van der Waals surface area contributed by atoms with E-state index in [0.717, 1.165) is 0 Å². The highest BCUT2D eigenvalue weighted by Gasteiger charge is 2.22. The average molecular weight is 514 g/mol. The first kappa shape index (κ1) is 16.7. The standard InChI is InChI=1S/C6F4I2.C6H12N2/c7-1-2(8)4(10)6(12)5(11)3(1)9;1-2-8-5-3-7(1)4-6-8/h;1-6H2. The van der Waals surface area contributed by atoms with E-state index < -0.39 is 23.3 Å². The van der Waals surface area contributed by atoms with Gasteiger partial charge in [0.15, 0.2) is 23.3 Å². The van der Waals surface area contributed by atoms with Crippen molar-refractivity contribution < 1.29 is 17.6 Å². The Morgan fingerprint density at radius 3 is 1.00 bits per heavy atom. The summed E-state index contributed by atoms with van der Waals surface area (Å²) in [5.41, 5.74) is 0. The van der Waals surface area contributed by atoms with Crippen molar-refractivity contribution in [1.82, 2.24) is 9.80 Å². The smallest absolute Gasteiger partial charge is 0.198 e. The summed E-state index contributed by atoms with van der Waals surface area (Å²) in [5, 5.41) is 0. The molecule has 0 radical (unpaired) electrons. The zero-order valence-corrected chi connectivity index (χ0v) is 14.7. The van der Waals surface area contributed by atoms with Gasteiger partial charge >= 0.3 is 0 Å². The first-order chi connectivity index (χ1) is 9.41. The summed E-state index contributed by atoms with van der Waals surface area (Å²) in [6.45, 7) is 7.92. The second-order valence-electron chi connectivity index (χ2n) is 4.57. The Morgan fingerprint density at radius 1 is 0.550 bits per heavy atom. The van der Waals surface area contributed by atoms with Crippen molar-refractivity contribution in [3.8, 4) is 0 Å². The van der Waals surface area contributed by atoms with Gasteiger partial charge in [-0.3, -0.25) is 9.80 Å². The maximum absolute atomic E-state index is 12.6. The fraction of sp³-hybridized carbons (Fsp3) is 0.500. The predicted octanol–water partition coefficient (Wildman–Crippen LogP) is 3.07. The van der Waals surface area contributed by atoms with Crippen LogP contribution in [0.2, 0.25) is 0 Å². The Morgan fingerprint density at radius 2 is 0.800 bits per heavy atom. The molecule has 3 fully saturated rings. The van der Waals surface area contributed by atoms with Crippen LogP contribution < -0.4 is 0 Å².